The van der Waals surface area contributed by atoms with Crippen LogP contribution in [-0.4, -0.2) is 49.3 Å². The van der Waals surface area contributed by atoms with Crippen LogP contribution in [-0.2, 0) is 32.7 Å². The quantitative estimate of drug-likeness (QED) is 0.0265. The molecule has 67 heavy (non-hydrogen) atoms. The standard InChI is InChI=1S/C57H94NO8P/c1-3-5-7-9-11-12-13-14-15-16-17-18-19-20-21-22-23-24-25-26-27-28-29-30-31-32-33-34-35-36-37-38-39-40-41-42-44-46-48-50-57(60)66-55(54-65-67(61,62)64-52-51-58)53-63-56(59)49-47-45-43-10-8-6-4-2/h5,7,11-12,14-15,17-18,20-21,23-24,26-27,29-30,32-33,35-36,55H,3-4,6,8-10,13,16,19,22,25,28,31,34,37-54,58H2,1-2H3,(H,61,62)/b7-5-,12-11-,15-14-,18-17-,21-20-,24-23-,27-26-,30-29-,33-32-,36-35-. The maximum atomic E-state index is 12.6. The van der Waals surface area contributed by atoms with Crippen molar-refractivity contribution in [3.63, 3.8) is 0 Å². The predicted octanol–water partition coefficient (Wildman–Crippen LogP) is 16.1. The van der Waals surface area contributed by atoms with Gasteiger partial charge in [-0.25, -0.2) is 4.57 Å². The van der Waals surface area contributed by atoms with E-state index in [2.05, 4.69) is 135 Å². The lowest BCUT2D eigenvalue weighted by Gasteiger charge is -2.19. The molecule has 2 unspecified atom stereocenters. The van der Waals surface area contributed by atoms with Crippen molar-refractivity contribution in [2.24, 2.45) is 5.73 Å². The number of ether oxygens (including phenoxy) is 2. The second-order valence-electron chi connectivity index (χ2n) is 16.7. The Balaban J connectivity index is 3.93. The molecule has 0 aromatic heterocycles. The summed E-state index contributed by atoms with van der Waals surface area (Å²) < 4.78 is 32.7. The molecule has 3 N–H and O–H groups in total. The summed E-state index contributed by atoms with van der Waals surface area (Å²) in [6, 6.07) is 0. The Morgan fingerprint density at radius 3 is 1.22 bits per heavy atom. The molecule has 0 radical (unpaired) electrons. The zero-order valence-electron chi connectivity index (χ0n) is 42.1. The molecule has 0 amide bonds. The lowest BCUT2D eigenvalue weighted by Crippen LogP contribution is -2.29. The summed E-state index contributed by atoms with van der Waals surface area (Å²) in [4.78, 5) is 34.7. The number of esters is 2. The minimum Gasteiger partial charge on any atom is -0.462 e. The summed E-state index contributed by atoms with van der Waals surface area (Å²) in [6.07, 6.45) is 71.4. The summed E-state index contributed by atoms with van der Waals surface area (Å²) in [6.45, 7) is 3.53. The highest BCUT2D eigenvalue weighted by atomic mass is 31.2. The Kier molecular flexibility index (Phi) is 49.0. The van der Waals surface area contributed by atoms with Gasteiger partial charge in [-0.3, -0.25) is 18.6 Å². The third kappa shape index (κ3) is 51.6. The predicted molar refractivity (Wildman–Crippen MR) is 284 cm³/mol. The smallest absolute Gasteiger partial charge is 0.462 e. The molecule has 0 fully saturated rings. The molecule has 380 valence electrons. The van der Waals surface area contributed by atoms with Crippen molar-refractivity contribution in [3.8, 4) is 0 Å². The largest absolute Gasteiger partial charge is 0.472 e. The van der Waals surface area contributed by atoms with E-state index in [9.17, 15) is 19.0 Å². The first kappa shape index (κ1) is 63.4. The van der Waals surface area contributed by atoms with E-state index in [1.54, 1.807) is 0 Å². The second kappa shape index (κ2) is 51.8. The van der Waals surface area contributed by atoms with E-state index >= 15 is 0 Å². The van der Waals surface area contributed by atoms with Crippen molar-refractivity contribution in [3.05, 3.63) is 122 Å². The molecule has 0 saturated heterocycles. The number of carbonyl (C=O) groups is 2. The number of carbonyl (C=O) groups excluding carboxylic acids is 2. The minimum absolute atomic E-state index is 0.0472. The van der Waals surface area contributed by atoms with Crippen molar-refractivity contribution in [2.45, 2.75) is 200 Å². The van der Waals surface area contributed by atoms with E-state index in [0.717, 1.165) is 116 Å². The minimum atomic E-state index is -4.38. The van der Waals surface area contributed by atoms with E-state index in [1.165, 1.54) is 44.9 Å². The number of hydrogen-bond donors (Lipinski definition) is 2. The number of unbranched alkanes of at least 4 members (excludes halogenated alkanes) is 14. The Labute approximate surface area is 409 Å². The van der Waals surface area contributed by atoms with E-state index in [4.69, 9.17) is 24.3 Å². The zero-order chi connectivity index (χ0) is 48.8. The molecule has 0 aliphatic carbocycles. The number of rotatable bonds is 47. The summed E-state index contributed by atoms with van der Waals surface area (Å²) in [5, 5.41) is 0. The Morgan fingerprint density at radius 2 is 0.821 bits per heavy atom. The van der Waals surface area contributed by atoms with Gasteiger partial charge in [0.2, 0.25) is 0 Å². The molecule has 0 aromatic rings. The molecule has 0 aliphatic heterocycles. The second-order valence-corrected chi connectivity index (χ2v) is 18.1. The average Bonchev–Trinajstić information content (AvgIpc) is 3.32. The van der Waals surface area contributed by atoms with Gasteiger partial charge in [0, 0.05) is 19.4 Å². The summed E-state index contributed by atoms with van der Waals surface area (Å²) in [5.41, 5.74) is 5.34. The van der Waals surface area contributed by atoms with Crippen LogP contribution in [0.1, 0.15) is 194 Å². The zero-order valence-corrected chi connectivity index (χ0v) is 43.0. The SMILES string of the molecule is CC/C=C\C/C=C\C/C=C\C/C=C\C/C=C\C/C=C\C/C=C\C/C=C\C/C=C\C/C=C\CCCCCCCCCCC(=O)OC(COC(=O)CCCCCCCCC)COP(=O)(O)OCCN. The van der Waals surface area contributed by atoms with Crippen LogP contribution in [0.15, 0.2) is 122 Å². The molecule has 0 rings (SSSR count). The van der Waals surface area contributed by atoms with E-state index in [0.29, 0.717) is 6.42 Å². The van der Waals surface area contributed by atoms with Crippen molar-refractivity contribution >= 4 is 19.8 Å². The molecular weight excluding hydrogens is 858 g/mol. The molecule has 10 heteroatoms. The first-order valence-electron chi connectivity index (χ1n) is 26.0. The summed E-state index contributed by atoms with van der Waals surface area (Å²) in [5.74, 6) is -0.853. The van der Waals surface area contributed by atoms with Crippen LogP contribution in [0.25, 0.3) is 0 Å². The highest BCUT2D eigenvalue weighted by Crippen LogP contribution is 2.43. The third-order valence-corrected chi connectivity index (χ3v) is 11.3. The number of nitrogens with two attached hydrogens (primary N) is 1. The Morgan fingerprint density at radius 1 is 0.463 bits per heavy atom. The molecule has 0 saturated carbocycles. The van der Waals surface area contributed by atoms with Crippen LogP contribution >= 0.6 is 7.82 Å². The Bertz CT molecular complexity index is 1500. The number of phosphoric acid groups is 1. The normalized spacial score (nSPS) is 14.1. The first-order chi connectivity index (χ1) is 32.8. The first-order valence-corrected chi connectivity index (χ1v) is 27.5. The van der Waals surface area contributed by atoms with Crippen molar-refractivity contribution in [1.29, 1.82) is 0 Å². The Hall–Kier alpha value is -3.59. The van der Waals surface area contributed by atoms with Gasteiger partial charge >= 0.3 is 19.8 Å². The maximum absolute atomic E-state index is 12.6. The van der Waals surface area contributed by atoms with Gasteiger partial charge in [0.1, 0.15) is 6.61 Å². The number of allylic oxidation sites excluding steroid dienone is 20. The average molecular weight is 952 g/mol. The lowest BCUT2D eigenvalue weighted by molar-refractivity contribution is -0.161. The van der Waals surface area contributed by atoms with Crippen LogP contribution in [0.4, 0.5) is 0 Å². The third-order valence-electron chi connectivity index (χ3n) is 10.4. The van der Waals surface area contributed by atoms with Crippen LogP contribution in [0.5, 0.6) is 0 Å². The molecule has 0 bridgehead atoms. The molecule has 0 aliphatic rings. The van der Waals surface area contributed by atoms with Crippen molar-refractivity contribution < 1.29 is 37.6 Å². The highest BCUT2D eigenvalue weighted by molar-refractivity contribution is 7.47. The van der Waals surface area contributed by atoms with Crippen LogP contribution in [0.3, 0.4) is 0 Å². The van der Waals surface area contributed by atoms with Gasteiger partial charge in [0.25, 0.3) is 0 Å². The van der Waals surface area contributed by atoms with Crippen molar-refractivity contribution in [2.75, 3.05) is 26.4 Å². The highest BCUT2D eigenvalue weighted by Gasteiger charge is 2.26. The summed E-state index contributed by atoms with van der Waals surface area (Å²) in [7, 11) is -4.38. The van der Waals surface area contributed by atoms with Gasteiger partial charge in [-0.15, -0.1) is 0 Å². The lowest BCUT2D eigenvalue weighted by atomic mass is 10.1. The maximum Gasteiger partial charge on any atom is 0.472 e. The van der Waals surface area contributed by atoms with Gasteiger partial charge < -0.3 is 20.1 Å². The fraction of sp³-hybridized carbons (Fsp3) is 0.614. The fourth-order valence-electron chi connectivity index (χ4n) is 6.54. The molecule has 0 heterocycles. The van der Waals surface area contributed by atoms with E-state index in [1.807, 2.05) is 0 Å². The van der Waals surface area contributed by atoms with Gasteiger partial charge in [0.15, 0.2) is 6.10 Å². The van der Waals surface area contributed by atoms with Gasteiger partial charge in [-0.1, -0.05) is 212 Å². The summed E-state index contributed by atoms with van der Waals surface area (Å²) >= 11 is 0. The molecule has 0 aromatic carbocycles. The molecular formula is C57H94NO8P. The number of hydrogen-bond acceptors (Lipinski definition) is 8. The molecule has 2 atom stereocenters. The van der Waals surface area contributed by atoms with Crippen LogP contribution in [0.2, 0.25) is 0 Å². The van der Waals surface area contributed by atoms with Gasteiger partial charge in [-0.2, -0.15) is 0 Å². The topological polar surface area (TPSA) is 134 Å². The number of phosphoric ester groups is 1. The molecule has 0 spiro atoms. The fourth-order valence-corrected chi connectivity index (χ4v) is 7.31. The molecule has 9 nitrogen and oxygen atoms in total. The van der Waals surface area contributed by atoms with Gasteiger partial charge in [0.05, 0.1) is 13.2 Å². The monoisotopic (exact) mass is 952 g/mol. The van der Waals surface area contributed by atoms with Crippen LogP contribution < -0.4 is 5.73 Å². The van der Waals surface area contributed by atoms with Crippen molar-refractivity contribution in [1.82, 2.24) is 0 Å². The van der Waals surface area contributed by atoms with Gasteiger partial charge in [-0.05, 0) is 89.9 Å². The van der Waals surface area contributed by atoms with E-state index < -0.39 is 32.5 Å². The van der Waals surface area contributed by atoms with E-state index in [-0.39, 0.29) is 32.6 Å². The van der Waals surface area contributed by atoms with Crippen LogP contribution in [0, 0.1) is 0 Å².